The van der Waals surface area contributed by atoms with Crippen molar-refractivity contribution in [2.24, 2.45) is 12.8 Å². The zero-order valence-electron chi connectivity index (χ0n) is 12.0. The molecule has 0 unspecified atom stereocenters. The Morgan fingerprint density at radius 1 is 1.52 bits per heavy atom. The minimum atomic E-state index is -0.122. The number of nitrogens with one attached hydrogen (secondary N) is 1. The van der Waals surface area contributed by atoms with Gasteiger partial charge in [0, 0.05) is 31.4 Å². The molecule has 9 heteroatoms. The van der Waals surface area contributed by atoms with Crippen molar-refractivity contribution in [3.63, 3.8) is 0 Å². The second-order valence-electron chi connectivity index (χ2n) is 4.45. The van der Waals surface area contributed by atoms with Crippen molar-refractivity contribution < 1.29 is 4.79 Å². The number of amides is 1. The average Bonchev–Trinajstić information content (AvgIpc) is 2.95. The highest BCUT2D eigenvalue weighted by molar-refractivity contribution is 7.17. The normalized spacial score (nSPS) is 11.2. The fraction of sp³-hybridized carbons (Fsp3) is 0.417. The molecule has 0 aliphatic heterocycles. The number of carbonyl (C=O) groups is 1. The highest BCUT2D eigenvalue weighted by Gasteiger charge is 2.17. The van der Waals surface area contributed by atoms with Gasteiger partial charge in [-0.1, -0.05) is 0 Å². The number of halogens is 2. The van der Waals surface area contributed by atoms with Crippen LogP contribution in [0, 0.1) is 6.92 Å². The van der Waals surface area contributed by atoms with E-state index in [1.165, 1.54) is 11.3 Å². The second kappa shape index (κ2) is 8.33. The summed E-state index contributed by atoms with van der Waals surface area (Å²) < 4.78 is 1.71. The molecule has 0 aliphatic rings. The summed E-state index contributed by atoms with van der Waals surface area (Å²) in [7, 11) is 1.85. The monoisotopic (exact) mass is 351 g/mol. The van der Waals surface area contributed by atoms with Crippen molar-refractivity contribution in [2.45, 2.75) is 19.9 Å². The predicted molar refractivity (Wildman–Crippen MR) is 89.5 cm³/mol. The first-order chi connectivity index (χ1) is 9.01. The van der Waals surface area contributed by atoms with Gasteiger partial charge in [0.25, 0.3) is 5.91 Å². The Morgan fingerprint density at radius 3 is 2.71 bits per heavy atom. The van der Waals surface area contributed by atoms with E-state index in [9.17, 15) is 4.79 Å². The summed E-state index contributed by atoms with van der Waals surface area (Å²) in [5.41, 5.74) is 7.14. The Labute approximate surface area is 140 Å². The van der Waals surface area contributed by atoms with E-state index in [4.69, 9.17) is 5.73 Å². The molecule has 0 aromatic carbocycles. The van der Waals surface area contributed by atoms with Crippen LogP contribution in [0.2, 0.25) is 0 Å². The van der Waals surface area contributed by atoms with Gasteiger partial charge in [-0.25, -0.2) is 4.98 Å². The fourth-order valence-corrected chi connectivity index (χ4v) is 2.55. The van der Waals surface area contributed by atoms with Gasteiger partial charge < -0.3 is 11.1 Å². The first-order valence-electron chi connectivity index (χ1n) is 5.98. The van der Waals surface area contributed by atoms with Gasteiger partial charge in [0.15, 0.2) is 0 Å². The molecule has 0 spiro atoms. The Hall–Kier alpha value is -1.15. The maximum Gasteiger partial charge on any atom is 0.263 e. The van der Waals surface area contributed by atoms with Gasteiger partial charge in [0.1, 0.15) is 9.88 Å². The van der Waals surface area contributed by atoms with Crippen molar-refractivity contribution in [3.05, 3.63) is 23.0 Å². The van der Waals surface area contributed by atoms with Gasteiger partial charge in [0.05, 0.1) is 11.9 Å². The van der Waals surface area contributed by atoms with Gasteiger partial charge in [-0.15, -0.1) is 36.2 Å². The van der Waals surface area contributed by atoms with E-state index in [0.717, 1.165) is 16.3 Å². The SMILES string of the molecule is Cc1nc(-c2cnn(C)c2)sc1C(=O)N[C@@H](C)CN.Cl.Cl. The number of aryl methyl sites for hydroxylation is 2. The molecule has 1 atom stereocenters. The first kappa shape index (κ1) is 19.9. The lowest BCUT2D eigenvalue weighted by Gasteiger charge is -2.09. The molecule has 118 valence electrons. The topological polar surface area (TPSA) is 85.8 Å². The quantitative estimate of drug-likeness (QED) is 0.878. The summed E-state index contributed by atoms with van der Waals surface area (Å²) in [6, 6.07) is -0.0455. The molecule has 2 heterocycles. The predicted octanol–water partition coefficient (Wildman–Crippen LogP) is 1.77. The Balaban J connectivity index is 0.00000200. The third-order valence-electron chi connectivity index (χ3n) is 2.69. The summed E-state index contributed by atoms with van der Waals surface area (Å²) >= 11 is 1.37. The van der Waals surface area contributed by atoms with Gasteiger partial charge in [-0.2, -0.15) is 5.10 Å². The van der Waals surface area contributed by atoms with Gasteiger partial charge >= 0.3 is 0 Å². The number of carbonyl (C=O) groups excluding carboxylic acids is 1. The molecule has 2 rings (SSSR count). The molecule has 2 aromatic heterocycles. The molecule has 6 nitrogen and oxygen atoms in total. The molecule has 21 heavy (non-hydrogen) atoms. The zero-order valence-corrected chi connectivity index (χ0v) is 14.4. The third kappa shape index (κ3) is 4.67. The van der Waals surface area contributed by atoms with E-state index in [1.54, 1.807) is 10.9 Å². The van der Waals surface area contributed by atoms with Crippen LogP contribution in [-0.2, 0) is 7.05 Å². The maximum atomic E-state index is 12.1. The van der Waals surface area contributed by atoms with Crippen molar-refractivity contribution in [1.82, 2.24) is 20.1 Å². The molecule has 0 saturated heterocycles. The summed E-state index contributed by atoms with van der Waals surface area (Å²) in [6.07, 6.45) is 3.62. The Kier molecular flexibility index (Phi) is 7.87. The first-order valence-corrected chi connectivity index (χ1v) is 6.80. The summed E-state index contributed by atoms with van der Waals surface area (Å²) in [6.45, 7) is 4.12. The number of hydrogen-bond acceptors (Lipinski definition) is 5. The van der Waals surface area contributed by atoms with Gasteiger partial charge in [-0.05, 0) is 13.8 Å². The Morgan fingerprint density at radius 2 is 2.19 bits per heavy atom. The largest absolute Gasteiger partial charge is 0.348 e. The molecular weight excluding hydrogens is 333 g/mol. The van der Waals surface area contributed by atoms with Crippen LogP contribution in [0.5, 0.6) is 0 Å². The van der Waals surface area contributed by atoms with Crippen LogP contribution in [0.3, 0.4) is 0 Å². The van der Waals surface area contributed by atoms with Crippen LogP contribution in [0.25, 0.3) is 10.6 Å². The van der Waals surface area contributed by atoms with Crippen molar-refractivity contribution in [2.75, 3.05) is 6.54 Å². The van der Waals surface area contributed by atoms with Crippen LogP contribution in [0.15, 0.2) is 12.4 Å². The molecule has 2 aromatic rings. The zero-order chi connectivity index (χ0) is 14.0. The number of hydrogen-bond donors (Lipinski definition) is 2. The van der Waals surface area contributed by atoms with E-state index in [2.05, 4.69) is 15.4 Å². The summed E-state index contributed by atoms with van der Waals surface area (Å²) in [5.74, 6) is -0.122. The van der Waals surface area contributed by atoms with Crippen molar-refractivity contribution in [3.8, 4) is 10.6 Å². The highest BCUT2D eigenvalue weighted by atomic mass is 35.5. The molecule has 0 bridgehead atoms. The van der Waals surface area contributed by atoms with E-state index in [-0.39, 0.29) is 36.8 Å². The number of rotatable bonds is 4. The number of thiazole rings is 1. The minimum Gasteiger partial charge on any atom is -0.348 e. The summed E-state index contributed by atoms with van der Waals surface area (Å²) in [5, 5.41) is 7.75. The van der Waals surface area contributed by atoms with E-state index < -0.39 is 0 Å². The van der Waals surface area contributed by atoms with E-state index >= 15 is 0 Å². The van der Waals surface area contributed by atoms with Crippen LogP contribution in [0.1, 0.15) is 22.3 Å². The van der Waals surface area contributed by atoms with Crippen molar-refractivity contribution >= 4 is 42.1 Å². The van der Waals surface area contributed by atoms with Gasteiger partial charge in [0.2, 0.25) is 0 Å². The number of aromatic nitrogens is 3. The van der Waals surface area contributed by atoms with E-state index in [1.807, 2.05) is 27.1 Å². The fourth-order valence-electron chi connectivity index (χ4n) is 1.61. The minimum absolute atomic E-state index is 0. The standard InChI is InChI=1S/C12H17N5OS.2ClH/c1-7(4-13)15-11(18)10-8(2)16-12(19-10)9-5-14-17(3)6-9;;/h5-7H,4,13H2,1-3H3,(H,15,18);2*1H/t7-;;/m0../s1. The summed E-state index contributed by atoms with van der Waals surface area (Å²) in [4.78, 5) is 17.1. The second-order valence-corrected chi connectivity index (χ2v) is 5.45. The average molecular weight is 352 g/mol. The molecule has 0 aliphatic carbocycles. The molecular formula is C12H19Cl2N5OS. The molecule has 0 fully saturated rings. The lowest BCUT2D eigenvalue weighted by molar-refractivity contribution is 0.0944. The van der Waals surface area contributed by atoms with Crippen LogP contribution in [0.4, 0.5) is 0 Å². The molecule has 3 N–H and O–H groups in total. The smallest absolute Gasteiger partial charge is 0.263 e. The van der Waals surface area contributed by atoms with Crippen LogP contribution >= 0.6 is 36.2 Å². The van der Waals surface area contributed by atoms with E-state index in [0.29, 0.717) is 11.4 Å². The maximum absolute atomic E-state index is 12.1. The number of nitrogens with zero attached hydrogens (tertiary/aromatic N) is 3. The number of nitrogens with two attached hydrogens (primary N) is 1. The van der Waals surface area contributed by atoms with Crippen LogP contribution in [-0.4, -0.2) is 33.3 Å². The lowest BCUT2D eigenvalue weighted by Crippen LogP contribution is -2.37. The molecule has 0 saturated carbocycles. The Bertz CT molecular complexity index is 598. The molecule has 1 amide bonds. The van der Waals surface area contributed by atoms with Gasteiger partial charge in [-0.3, -0.25) is 9.48 Å². The lowest BCUT2D eigenvalue weighted by atomic mass is 10.3. The highest BCUT2D eigenvalue weighted by Crippen LogP contribution is 2.27. The molecule has 0 radical (unpaired) electrons. The van der Waals surface area contributed by atoms with Crippen molar-refractivity contribution in [1.29, 1.82) is 0 Å². The van der Waals surface area contributed by atoms with Crippen LogP contribution < -0.4 is 11.1 Å². The third-order valence-corrected chi connectivity index (χ3v) is 3.89.